The zero-order valence-corrected chi connectivity index (χ0v) is 12.7. The Hall–Kier alpha value is -1.84. The molecule has 0 atom stereocenters. The molecular formula is C16H22N4. The zero-order valence-electron chi connectivity index (χ0n) is 12.7. The van der Waals surface area contributed by atoms with Crippen molar-refractivity contribution in [2.24, 2.45) is 0 Å². The molecule has 2 heterocycles. The van der Waals surface area contributed by atoms with Crippen LogP contribution >= 0.6 is 0 Å². The summed E-state index contributed by atoms with van der Waals surface area (Å²) in [5.74, 6) is 0. The van der Waals surface area contributed by atoms with Crippen molar-refractivity contribution in [1.29, 1.82) is 0 Å². The minimum atomic E-state index is 0.00768. The van der Waals surface area contributed by atoms with Crippen LogP contribution in [0.2, 0.25) is 0 Å². The van der Waals surface area contributed by atoms with Gasteiger partial charge in [0.25, 0.3) is 0 Å². The smallest absolute Gasteiger partial charge is 0.0687 e. The van der Waals surface area contributed by atoms with Crippen molar-refractivity contribution in [3.63, 3.8) is 0 Å². The van der Waals surface area contributed by atoms with E-state index in [9.17, 15) is 0 Å². The minimum absolute atomic E-state index is 0.00768. The van der Waals surface area contributed by atoms with Crippen LogP contribution in [0.5, 0.6) is 0 Å². The molecule has 0 radical (unpaired) electrons. The Labute approximate surface area is 120 Å². The second-order valence-corrected chi connectivity index (χ2v) is 6.47. The molecule has 20 heavy (non-hydrogen) atoms. The third-order valence-electron chi connectivity index (χ3n) is 3.90. The van der Waals surface area contributed by atoms with Crippen LogP contribution in [0, 0.1) is 0 Å². The van der Waals surface area contributed by atoms with Crippen molar-refractivity contribution in [3.05, 3.63) is 48.3 Å². The number of aromatic nitrogens is 4. The highest BCUT2D eigenvalue weighted by Gasteiger charge is 2.29. The lowest BCUT2D eigenvalue weighted by atomic mass is 9.76. The van der Waals surface area contributed by atoms with E-state index in [4.69, 9.17) is 0 Å². The van der Waals surface area contributed by atoms with E-state index >= 15 is 0 Å². The van der Waals surface area contributed by atoms with Gasteiger partial charge in [0.15, 0.2) is 0 Å². The highest BCUT2D eigenvalue weighted by Crippen LogP contribution is 2.33. The molecule has 0 N–H and O–H groups in total. The highest BCUT2D eigenvalue weighted by atomic mass is 15.1. The van der Waals surface area contributed by atoms with Crippen LogP contribution in [0.4, 0.5) is 0 Å². The Balaban J connectivity index is 2.08. The van der Waals surface area contributed by atoms with Gasteiger partial charge in [-0.2, -0.15) is 10.2 Å². The van der Waals surface area contributed by atoms with Crippen molar-refractivity contribution >= 4 is 0 Å². The minimum Gasteiger partial charge on any atom is -0.261 e. The van der Waals surface area contributed by atoms with Crippen LogP contribution in [0.1, 0.15) is 51.9 Å². The molecule has 4 heteroatoms. The Morgan fingerprint density at radius 3 is 2.15 bits per heavy atom. The summed E-state index contributed by atoms with van der Waals surface area (Å²) in [5.41, 5.74) is 2.09. The van der Waals surface area contributed by atoms with Crippen LogP contribution in [-0.2, 0) is 10.8 Å². The first kappa shape index (κ1) is 14.6. The Morgan fingerprint density at radius 1 is 0.900 bits per heavy atom. The van der Waals surface area contributed by atoms with Crippen LogP contribution in [0.15, 0.2) is 36.9 Å². The van der Waals surface area contributed by atoms with Gasteiger partial charge in [-0.1, -0.05) is 27.7 Å². The van der Waals surface area contributed by atoms with Gasteiger partial charge in [0.05, 0.1) is 11.4 Å². The summed E-state index contributed by atoms with van der Waals surface area (Å²) in [4.78, 5) is 8.60. The maximum Gasteiger partial charge on any atom is 0.0687 e. The Kier molecular flexibility index (Phi) is 4.12. The van der Waals surface area contributed by atoms with E-state index in [1.54, 1.807) is 18.6 Å². The number of nitrogens with zero attached hydrogens (tertiary/aromatic N) is 4. The molecule has 0 fully saturated rings. The van der Waals surface area contributed by atoms with Crippen LogP contribution in [0.3, 0.4) is 0 Å². The van der Waals surface area contributed by atoms with Gasteiger partial charge >= 0.3 is 0 Å². The van der Waals surface area contributed by atoms with Crippen molar-refractivity contribution in [1.82, 2.24) is 20.2 Å². The van der Waals surface area contributed by atoms with Gasteiger partial charge in [-0.3, -0.25) is 9.97 Å². The van der Waals surface area contributed by atoms with E-state index in [0.29, 0.717) is 0 Å². The SMILES string of the molecule is CC(C)(CCC(C)(C)c1cccnn1)c1cnccn1. The second kappa shape index (κ2) is 5.65. The first-order valence-corrected chi connectivity index (χ1v) is 6.96. The average Bonchev–Trinajstić information content (AvgIpc) is 2.47. The van der Waals surface area contributed by atoms with E-state index in [0.717, 1.165) is 24.2 Å². The topological polar surface area (TPSA) is 51.6 Å². The first-order valence-electron chi connectivity index (χ1n) is 6.96. The molecule has 0 aliphatic carbocycles. The summed E-state index contributed by atoms with van der Waals surface area (Å²) in [6, 6.07) is 3.99. The molecule has 4 nitrogen and oxygen atoms in total. The van der Waals surface area contributed by atoms with Crippen molar-refractivity contribution in [2.45, 2.75) is 51.4 Å². The highest BCUT2D eigenvalue weighted by molar-refractivity contribution is 5.14. The molecule has 2 aromatic rings. The van der Waals surface area contributed by atoms with Crippen molar-refractivity contribution in [2.75, 3.05) is 0 Å². The maximum absolute atomic E-state index is 4.43. The monoisotopic (exact) mass is 270 g/mol. The fourth-order valence-corrected chi connectivity index (χ4v) is 2.19. The Morgan fingerprint density at radius 2 is 1.60 bits per heavy atom. The largest absolute Gasteiger partial charge is 0.261 e. The van der Waals surface area contributed by atoms with Gasteiger partial charge in [-0.25, -0.2) is 0 Å². The number of hydrogen-bond donors (Lipinski definition) is 0. The first-order chi connectivity index (χ1) is 9.42. The maximum atomic E-state index is 4.43. The quantitative estimate of drug-likeness (QED) is 0.836. The molecule has 0 saturated heterocycles. The zero-order chi connectivity index (χ0) is 14.6. The van der Waals surface area contributed by atoms with E-state index < -0.39 is 0 Å². The molecule has 0 amide bonds. The average molecular weight is 270 g/mol. The third-order valence-corrected chi connectivity index (χ3v) is 3.90. The molecule has 0 saturated carbocycles. The summed E-state index contributed by atoms with van der Waals surface area (Å²) >= 11 is 0. The molecule has 106 valence electrons. The van der Waals surface area contributed by atoms with Gasteiger partial charge in [0, 0.05) is 35.6 Å². The molecular weight excluding hydrogens is 248 g/mol. The molecule has 0 unspecified atom stereocenters. The summed E-state index contributed by atoms with van der Waals surface area (Å²) in [7, 11) is 0. The van der Waals surface area contributed by atoms with Crippen LogP contribution < -0.4 is 0 Å². The summed E-state index contributed by atoms with van der Waals surface area (Å²) < 4.78 is 0. The van der Waals surface area contributed by atoms with E-state index in [1.807, 2.05) is 18.3 Å². The summed E-state index contributed by atoms with van der Waals surface area (Å²) in [6.07, 6.45) is 9.08. The molecule has 2 aromatic heterocycles. The van der Waals surface area contributed by atoms with Crippen LogP contribution in [-0.4, -0.2) is 20.2 Å². The molecule has 0 aliphatic rings. The normalized spacial score (nSPS) is 12.4. The predicted molar refractivity (Wildman–Crippen MR) is 79.4 cm³/mol. The number of hydrogen-bond acceptors (Lipinski definition) is 4. The van der Waals surface area contributed by atoms with Crippen molar-refractivity contribution in [3.8, 4) is 0 Å². The van der Waals surface area contributed by atoms with Gasteiger partial charge in [-0.15, -0.1) is 0 Å². The van der Waals surface area contributed by atoms with Crippen molar-refractivity contribution < 1.29 is 0 Å². The molecule has 0 aliphatic heterocycles. The van der Waals surface area contributed by atoms with E-state index in [2.05, 4.69) is 47.9 Å². The molecule has 0 aromatic carbocycles. The second-order valence-electron chi connectivity index (χ2n) is 6.47. The van der Waals surface area contributed by atoms with Crippen LogP contribution in [0.25, 0.3) is 0 Å². The standard InChI is InChI=1S/C16H22N4/c1-15(2,13-6-5-9-19-20-13)7-8-16(3,4)14-12-17-10-11-18-14/h5-6,9-12H,7-8H2,1-4H3. The summed E-state index contributed by atoms with van der Waals surface area (Å²) in [5, 5.41) is 8.23. The Bertz CT molecular complexity index is 483. The third kappa shape index (κ3) is 3.38. The van der Waals surface area contributed by atoms with Gasteiger partial charge < -0.3 is 0 Å². The lowest BCUT2D eigenvalue weighted by Crippen LogP contribution is -2.26. The van der Waals surface area contributed by atoms with Gasteiger partial charge in [0.1, 0.15) is 0 Å². The summed E-state index contributed by atoms with van der Waals surface area (Å²) in [6.45, 7) is 8.85. The molecule has 0 bridgehead atoms. The predicted octanol–water partition coefficient (Wildman–Crippen LogP) is 3.30. The van der Waals surface area contributed by atoms with E-state index in [-0.39, 0.29) is 10.8 Å². The lowest BCUT2D eigenvalue weighted by Gasteiger charge is -2.30. The van der Waals surface area contributed by atoms with Gasteiger partial charge in [0.2, 0.25) is 0 Å². The van der Waals surface area contributed by atoms with Gasteiger partial charge in [-0.05, 0) is 25.0 Å². The molecule has 0 spiro atoms. The molecule has 2 rings (SSSR count). The fourth-order valence-electron chi connectivity index (χ4n) is 2.19. The number of rotatable bonds is 5. The van der Waals surface area contributed by atoms with E-state index in [1.165, 1.54) is 0 Å². The lowest BCUT2D eigenvalue weighted by molar-refractivity contribution is 0.361. The fraction of sp³-hybridized carbons (Fsp3) is 0.500.